The van der Waals surface area contributed by atoms with Crippen molar-refractivity contribution < 1.29 is 4.79 Å². The van der Waals surface area contributed by atoms with Crippen molar-refractivity contribution in [3.8, 4) is 0 Å². The predicted octanol–water partition coefficient (Wildman–Crippen LogP) is 2.36. The van der Waals surface area contributed by atoms with Gasteiger partial charge in [0.25, 0.3) is 0 Å². The maximum Gasteiger partial charge on any atom is 0.246 e. The Morgan fingerprint density at radius 3 is 3.17 bits per heavy atom. The van der Waals surface area contributed by atoms with Gasteiger partial charge in [-0.2, -0.15) is 0 Å². The van der Waals surface area contributed by atoms with Crippen LogP contribution in [-0.4, -0.2) is 37.0 Å². The lowest BCUT2D eigenvalue weighted by molar-refractivity contribution is -0.126. The first-order valence-corrected chi connectivity index (χ1v) is 7.34. The Bertz CT molecular complexity index is 392. The zero-order valence-corrected chi connectivity index (χ0v) is 11.6. The number of hydrogen-bond acceptors (Lipinski definition) is 3. The van der Waals surface area contributed by atoms with Crippen molar-refractivity contribution in [2.75, 3.05) is 20.1 Å². The molecule has 1 aliphatic heterocycles. The van der Waals surface area contributed by atoms with Gasteiger partial charge < -0.3 is 10.2 Å². The summed E-state index contributed by atoms with van der Waals surface area (Å²) >= 11 is 1.65. The quantitative estimate of drug-likeness (QED) is 0.850. The largest absolute Gasteiger partial charge is 0.339 e. The molecule has 1 unspecified atom stereocenters. The second-order valence-corrected chi connectivity index (χ2v) is 5.61. The van der Waals surface area contributed by atoms with Crippen LogP contribution in [0.25, 0.3) is 6.08 Å². The summed E-state index contributed by atoms with van der Waals surface area (Å²) in [7, 11) is 1.91. The lowest BCUT2D eigenvalue weighted by atomic mass is 10.1. The molecular formula is C14H20N2OS. The number of amides is 1. The van der Waals surface area contributed by atoms with Gasteiger partial charge in [-0.1, -0.05) is 6.07 Å². The van der Waals surface area contributed by atoms with E-state index in [4.69, 9.17) is 0 Å². The van der Waals surface area contributed by atoms with Crippen molar-refractivity contribution in [2.45, 2.75) is 25.3 Å². The number of carbonyl (C=O) groups is 1. The van der Waals surface area contributed by atoms with E-state index in [1.54, 1.807) is 17.4 Å². The van der Waals surface area contributed by atoms with E-state index in [0.29, 0.717) is 6.04 Å². The monoisotopic (exact) mass is 264 g/mol. The average molecular weight is 264 g/mol. The molecule has 0 saturated carbocycles. The van der Waals surface area contributed by atoms with E-state index in [0.717, 1.165) is 37.2 Å². The fraction of sp³-hybridized carbons (Fsp3) is 0.500. The smallest absolute Gasteiger partial charge is 0.246 e. The van der Waals surface area contributed by atoms with Crippen molar-refractivity contribution in [3.63, 3.8) is 0 Å². The van der Waals surface area contributed by atoms with Crippen LogP contribution in [-0.2, 0) is 4.79 Å². The highest BCUT2D eigenvalue weighted by Gasteiger charge is 2.19. The molecule has 0 bridgehead atoms. The molecule has 1 N–H and O–H groups in total. The molecule has 1 amide bonds. The van der Waals surface area contributed by atoms with Crippen molar-refractivity contribution in [1.82, 2.24) is 10.2 Å². The van der Waals surface area contributed by atoms with Gasteiger partial charge in [0, 0.05) is 24.0 Å². The van der Waals surface area contributed by atoms with E-state index in [9.17, 15) is 4.79 Å². The first-order valence-electron chi connectivity index (χ1n) is 6.46. The van der Waals surface area contributed by atoms with Crippen LogP contribution < -0.4 is 5.32 Å². The summed E-state index contributed by atoms with van der Waals surface area (Å²) in [5, 5.41) is 5.39. The first kappa shape index (κ1) is 13.3. The molecule has 1 saturated heterocycles. The van der Waals surface area contributed by atoms with Crippen LogP contribution in [0, 0.1) is 0 Å². The van der Waals surface area contributed by atoms with Crippen LogP contribution in [0.1, 0.15) is 24.1 Å². The minimum absolute atomic E-state index is 0.107. The number of nitrogens with one attached hydrogen (secondary N) is 1. The summed E-state index contributed by atoms with van der Waals surface area (Å²) in [6.45, 7) is 2.08. The average Bonchev–Trinajstić information content (AvgIpc) is 2.75. The zero-order chi connectivity index (χ0) is 12.8. The van der Waals surface area contributed by atoms with Gasteiger partial charge in [-0.25, -0.2) is 0 Å². The maximum absolute atomic E-state index is 12.1. The van der Waals surface area contributed by atoms with Gasteiger partial charge >= 0.3 is 0 Å². The molecule has 98 valence electrons. The Hall–Kier alpha value is -1.13. The molecule has 0 radical (unpaired) electrons. The summed E-state index contributed by atoms with van der Waals surface area (Å²) in [5.74, 6) is 0.107. The molecule has 0 aromatic carbocycles. The number of nitrogens with zero attached hydrogens (tertiary/aromatic N) is 1. The van der Waals surface area contributed by atoms with Crippen LogP contribution in [0.4, 0.5) is 0 Å². The molecule has 4 heteroatoms. The lowest BCUT2D eigenvalue weighted by Crippen LogP contribution is -2.36. The summed E-state index contributed by atoms with van der Waals surface area (Å²) in [4.78, 5) is 15.1. The highest BCUT2D eigenvalue weighted by atomic mass is 32.1. The summed E-state index contributed by atoms with van der Waals surface area (Å²) in [6.07, 6.45) is 6.89. The van der Waals surface area contributed by atoms with Crippen molar-refractivity contribution in [2.24, 2.45) is 0 Å². The second-order valence-electron chi connectivity index (χ2n) is 4.63. The molecule has 3 nitrogen and oxygen atoms in total. The number of carbonyl (C=O) groups excluding carboxylic acids is 1. The summed E-state index contributed by atoms with van der Waals surface area (Å²) < 4.78 is 0. The Labute approximate surface area is 112 Å². The highest BCUT2D eigenvalue weighted by Crippen LogP contribution is 2.14. The van der Waals surface area contributed by atoms with E-state index >= 15 is 0 Å². The molecule has 2 rings (SSSR count). The fourth-order valence-corrected chi connectivity index (χ4v) is 2.84. The number of likely N-dealkylation sites (N-methyl/N-ethyl adjacent to an activating group) is 1. The van der Waals surface area contributed by atoms with Crippen LogP contribution in [0.5, 0.6) is 0 Å². The van der Waals surface area contributed by atoms with Gasteiger partial charge in [-0.05, 0) is 49.9 Å². The van der Waals surface area contributed by atoms with Gasteiger partial charge in [0.15, 0.2) is 0 Å². The molecule has 1 aliphatic rings. The molecule has 0 aliphatic carbocycles. The number of thiophene rings is 1. The standard InChI is InChI=1S/C14H20N2OS/c1-16(12-4-2-9-15-10-8-12)14(17)7-6-13-5-3-11-18-13/h3,5-7,11-12,15H,2,4,8-10H2,1H3/b7-6+. The molecule has 1 aromatic rings. The molecule has 2 heterocycles. The van der Waals surface area contributed by atoms with Crippen LogP contribution >= 0.6 is 11.3 Å². The molecule has 1 aromatic heterocycles. The SMILES string of the molecule is CN(C(=O)/C=C/c1cccs1)C1CCCNCC1. The maximum atomic E-state index is 12.1. The predicted molar refractivity (Wildman–Crippen MR) is 76.6 cm³/mol. The van der Waals surface area contributed by atoms with E-state index < -0.39 is 0 Å². The zero-order valence-electron chi connectivity index (χ0n) is 10.8. The van der Waals surface area contributed by atoms with E-state index in [-0.39, 0.29) is 5.91 Å². The Morgan fingerprint density at radius 1 is 1.50 bits per heavy atom. The van der Waals surface area contributed by atoms with E-state index in [1.165, 1.54) is 0 Å². The highest BCUT2D eigenvalue weighted by molar-refractivity contribution is 7.10. The van der Waals surface area contributed by atoms with Crippen LogP contribution in [0.15, 0.2) is 23.6 Å². The Kier molecular flexibility index (Phi) is 4.96. The third-order valence-electron chi connectivity index (χ3n) is 3.37. The van der Waals surface area contributed by atoms with Crippen molar-refractivity contribution in [1.29, 1.82) is 0 Å². The Balaban J connectivity index is 1.91. The fourth-order valence-electron chi connectivity index (χ4n) is 2.23. The van der Waals surface area contributed by atoms with Crippen LogP contribution in [0.2, 0.25) is 0 Å². The molecule has 1 fully saturated rings. The van der Waals surface area contributed by atoms with E-state index in [1.807, 2.05) is 35.5 Å². The lowest BCUT2D eigenvalue weighted by Gasteiger charge is -2.25. The number of hydrogen-bond donors (Lipinski definition) is 1. The van der Waals surface area contributed by atoms with Gasteiger partial charge in [0.1, 0.15) is 0 Å². The normalized spacial score (nSPS) is 20.8. The molecule has 1 atom stereocenters. The number of rotatable bonds is 3. The van der Waals surface area contributed by atoms with Gasteiger partial charge in [0.05, 0.1) is 0 Å². The topological polar surface area (TPSA) is 32.3 Å². The Morgan fingerprint density at radius 2 is 2.39 bits per heavy atom. The second kappa shape index (κ2) is 6.71. The minimum atomic E-state index is 0.107. The third-order valence-corrected chi connectivity index (χ3v) is 4.21. The molecule has 0 spiro atoms. The molecular weight excluding hydrogens is 244 g/mol. The van der Waals surface area contributed by atoms with Crippen LogP contribution in [0.3, 0.4) is 0 Å². The first-order chi connectivity index (χ1) is 8.77. The summed E-state index contributed by atoms with van der Waals surface area (Å²) in [6, 6.07) is 4.39. The summed E-state index contributed by atoms with van der Waals surface area (Å²) in [5.41, 5.74) is 0. The van der Waals surface area contributed by atoms with Crippen molar-refractivity contribution >= 4 is 23.3 Å². The molecule has 18 heavy (non-hydrogen) atoms. The van der Waals surface area contributed by atoms with E-state index in [2.05, 4.69) is 5.32 Å². The van der Waals surface area contributed by atoms with Gasteiger partial charge in [-0.15, -0.1) is 11.3 Å². The minimum Gasteiger partial charge on any atom is -0.339 e. The third kappa shape index (κ3) is 3.68. The van der Waals surface area contributed by atoms with Gasteiger partial charge in [0.2, 0.25) is 5.91 Å². The van der Waals surface area contributed by atoms with Crippen molar-refractivity contribution in [3.05, 3.63) is 28.5 Å². The van der Waals surface area contributed by atoms with Gasteiger partial charge in [-0.3, -0.25) is 4.79 Å².